The average Bonchev–Trinajstić information content (AvgIpc) is 1.94. The molecule has 86 valence electrons. The second-order valence-corrected chi connectivity index (χ2v) is 7.88. The molecule has 15 heavy (non-hydrogen) atoms. The van der Waals surface area contributed by atoms with Crippen molar-refractivity contribution in [3.8, 4) is 0 Å². The normalized spacial score (nSPS) is 57.4. The second kappa shape index (κ2) is 2.81. The zero-order valence-corrected chi connectivity index (χ0v) is 10.7. The summed E-state index contributed by atoms with van der Waals surface area (Å²) in [6.07, 6.45) is 12.2. The van der Waals surface area contributed by atoms with E-state index in [9.17, 15) is 0 Å². The van der Waals surface area contributed by atoms with Crippen LogP contribution in [0.3, 0.4) is 0 Å². The van der Waals surface area contributed by atoms with Crippen LogP contribution in [0.15, 0.2) is 0 Å². The molecule has 0 heteroatoms. The largest absolute Gasteiger partial charge is 0.0654 e. The van der Waals surface area contributed by atoms with Crippen molar-refractivity contribution in [3.63, 3.8) is 0 Å². The highest BCUT2D eigenvalue weighted by Gasteiger charge is 2.59. The monoisotopic (exact) mass is 206 g/mol. The molecule has 4 rings (SSSR count). The SMILES string of the molecule is CCCC12CC3CC(C)(CC(C)(C3)C1)C2. The van der Waals surface area contributed by atoms with Gasteiger partial charge in [0, 0.05) is 0 Å². The van der Waals surface area contributed by atoms with Gasteiger partial charge in [-0.2, -0.15) is 0 Å². The lowest BCUT2D eigenvalue weighted by Gasteiger charge is -2.65. The summed E-state index contributed by atoms with van der Waals surface area (Å²) in [6.45, 7) is 7.55. The highest BCUT2D eigenvalue weighted by molar-refractivity contribution is 5.10. The zero-order valence-electron chi connectivity index (χ0n) is 10.7. The lowest BCUT2D eigenvalue weighted by Crippen LogP contribution is -2.54. The molecular formula is C15H26. The Labute approximate surface area is 94.8 Å². The minimum Gasteiger partial charge on any atom is -0.0654 e. The predicted octanol–water partition coefficient (Wildman–Crippen LogP) is 4.78. The maximum atomic E-state index is 2.58. The van der Waals surface area contributed by atoms with E-state index in [1.54, 1.807) is 32.1 Å². The predicted molar refractivity (Wildman–Crippen MR) is 64.7 cm³/mol. The average molecular weight is 206 g/mol. The van der Waals surface area contributed by atoms with Crippen molar-refractivity contribution in [2.45, 2.75) is 72.1 Å². The highest BCUT2D eigenvalue weighted by Crippen LogP contribution is 2.70. The van der Waals surface area contributed by atoms with E-state index in [1.165, 1.54) is 19.3 Å². The van der Waals surface area contributed by atoms with Crippen LogP contribution < -0.4 is 0 Å². The van der Waals surface area contributed by atoms with E-state index >= 15 is 0 Å². The van der Waals surface area contributed by atoms with Crippen LogP contribution in [0.2, 0.25) is 0 Å². The minimum absolute atomic E-state index is 0.726. The van der Waals surface area contributed by atoms with Crippen molar-refractivity contribution < 1.29 is 0 Å². The molecule has 0 radical (unpaired) electrons. The van der Waals surface area contributed by atoms with E-state index < -0.39 is 0 Å². The molecule has 4 saturated carbocycles. The molecular weight excluding hydrogens is 180 g/mol. The van der Waals surface area contributed by atoms with E-state index in [0.717, 1.165) is 22.2 Å². The summed E-state index contributed by atoms with van der Waals surface area (Å²) in [4.78, 5) is 0. The Hall–Kier alpha value is 0. The molecule has 0 nitrogen and oxygen atoms in total. The van der Waals surface area contributed by atoms with E-state index in [2.05, 4.69) is 20.8 Å². The van der Waals surface area contributed by atoms with Crippen LogP contribution in [-0.2, 0) is 0 Å². The van der Waals surface area contributed by atoms with E-state index in [4.69, 9.17) is 0 Å². The quantitative estimate of drug-likeness (QED) is 0.610. The zero-order chi connectivity index (χ0) is 10.7. The standard InChI is InChI=1S/C15H26/c1-4-5-15-8-12-6-13(2,10-15)9-14(3,7-12)11-15/h12H,4-11H2,1-3H3. The third kappa shape index (κ3) is 1.47. The van der Waals surface area contributed by atoms with Gasteiger partial charge in [0.1, 0.15) is 0 Å². The smallest absolute Gasteiger partial charge is 0.0285 e. The first-order valence-corrected chi connectivity index (χ1v) is 6.97. The second-order valence-electron chi connectivity index (χ2n) is 7.88. The molecule has 0 N–H and O–H groups in total. The van der Waals surface area contributed by atoms with Gasteiger partial charge in [0.15, 0.2) is 0 Å². The fourth-order valence-electron chi connectivity index (χ4n) is 6.49. The third-order valence-corrected chi connectivity index (χ3v) is 5.52. The van der Waals surface area contributed by atoms with Crippen LogP contribution in [0.25, 0.3) is 0 Å². The first-order chi connectivity index (χ1) is 6.97. The Morgan fingerprint density at radius 3 is 2.00 bits per heavy atom. The fourth-order valence-corrected chi connectivity index (χ4v) is 6.49. The van der Waals surface area contributed by atoms with Crippen molar-refractivity contribution in [1.82, 2.24) is 0 Å². The summed E-state index contributed by atoms with van der Waals surface area (Å²) in [7, 11) is 0. The maximum absolute atomic E-state index is 2.58. The topological polar surface area (TPSA) is 0 Å². The summed E-state index contributed by atoms with van der Waals surface area (Å²) in [5, 5.41) is 0. The van der Waals surface area contributed by atoms with Gasteiger partial charge in [-0.05, 0) is 67.1 Å². The first-order valence-electron chi connectivity index (χ1n) is 6.97. The van der Waals surface area contributed by atoms with Crippen molar-refractivity contribution in [2.75, 3.05) is 0 Å². The number of rotatable bonds is 2. The van der Waals surface area contributed by atoms with Crippen LogP contribution in [0.4, 0.5) is 0 Å². The van der Waals surface area contributed by atoms with Gasteiger partial charge in [-0.25, -0.2) is 0 Å². The molecule has 0 heterocycles. The van der Waals surface area contributed by atoms with Crippen LogP contribution >= 0.6 is 0 Å². The van der Waals surface area contributed by atoms with Gasteiger partial charge in [-0.3, -0.25) is 0 Å². The maximum Gasteiger partial charge on any atom is -0.0285 e. The van der Waals surface area contributed by atoms with Gasteiger partial charge < -0.3 is 0 Å². The van der Waals surface area contributed by atoms with Gasteiger partial charge >= 0.3 is 0 Å². The van der Waals surface area contributed by atoms with Gasteiger partial charge in [0.2, 0.25) is 0 Å². The van der Waals surface area contributed by atoms with Crippen LogP contribution in [0.1, 0.15) is 72.1 Å². The summed E-state index contributed by atoms with van der Waals surface area (Å²) >= 11 is 0. The molecule has 0 aromatic carbocycles. The molecule has 2 atom stereocenters. The Bertz CT molecular complexity index is 260. The van der Waals surface area contributed by atoms with Crippen molar-refractivity contribution in [2.24, 2.45) is 22.2 Å². The first kappa shape index (κ1) is 10.2. The van der Waals surface area contributed by atoms with Crippen molar-refractivity contribution in [1.29, 1.82) is 0 Å². The Kier molecular flexibility index (Phi) is 1.91. The molecule has 0 saturated heterocycles. The van der Waals surface area contributed by atoms with Gasteiger partial charge in [-0.15, -0.1) is 0 Å². The number of hydrogen-bond acceptors (Lipinski definition) is 0. The van der Waals surface area contributed by atoms with Gasteiger partial charge in [-0.1, -0.05) is 27.2 Å². The van der Waals surface area contributed by atoms with E-state index in [1.807, 2.05) is 0 Å². The van der Waals surface area contributed by atoms with Crippen LogP contribution in [0, 0.1) is 22.2 Å². The molecule has 0 amide bonds. The lowest BCUT2D eigenvalue weighted by atomic mass is 9.40. The minimum atomic E-state index is 0.726. The van der Waals surface area contributed by atoms with Gasteiger partial charge in [0.05, 0.1) is 0 Å². The Balaban J connectivity index is 1.94. The summed E-state index contributed by atoms with van der Waals surface area (Å²) in [5.74, 6) is 1.09. The molecule has 4 aliphatic carbocycles. The summed E-state index contributed by atoms with van der Waals surface area (Å²) in [5.41, 5.74) is 2.23. The van der Waals surface area contributed by atoms with Crippen LogP contribution in [-0.4, -0.2) is 0 Å². The fraction of sp³-hybridized carbons (Fsp3) is 1.00. The lowest BCUT2D eigenvalue weighted by molar-refractivity contribution is -0.147. The molecule has 0 aliphatic heterocycles. The molecule has 0 aromatic heterocycles. The van der Waals surface area contributed by atoms with E-state index in [0.29, 0.717) is 0 Å². The van der Waals surface area contributed by atoms with Crippen LogP contribution in [0.5, 0.6) is 0 Å². The third-order valence-electron chi connectivity index (χ3n) is 5.52. The highest BCUT2D eigenvalue weighted by atomic mass is 14.6. The molecule has 4 fully saturated rings. The molecule has 0 aromatic rings. The summed E-state index contributed by atoms with van der Waals surface area (Å²) < 4.78 is 0. The Morgan fingerprint density at radius 1 is 0.933 bits per heavy atom. The van der Waals surface area contributed by atoms with Gasteiger partial charge in [0.25, 0.3) is 0 Å². The molecule has 4 bridgehead atoms. The van der Waals surface area contributed by atoms with Crippen molar-refractivity contribution >= 4 is 0 Å². The molecule has 2 unspecified atom stereocenters. The van der Waals surface area contributed by atoms with Crippen molar-refractivity contribution in [3.05, 3.63) is 0 Å². The van der Waals surface area contributed by atoms with E-state index in [-0.39, 0.29) is 0 Å². The molecule has 0 spiro atoms. The molecule has 4 aliphatic rings. The number of hydrogen-bond donors (Lipinski definition) is 0. The Morgan fingerprint density at radius 2 is 1.53 bits per heavy atom. The summed E-state index contributed by atoms with van der Waals surface area (Å²) in [6, 6.07) is 0.